The van der Waals surface area contributed by atoms with Crippen molar-refractivity contribution in [1.29, 1.82) is 0 Å². The fraction of sp³-hybridized carbons (Fsp3) is 0.478. The van der Waals surface area contributed by atoms with Gasteiger partial charge in [-0.2, -0.15) is 0 Å². The first-order valence-electron chi connectivity index (χ1n) is 9.99. The number of nitrogens with one attached hydrogen (secondary N) is 1. The van der Waals surface area contributed by atoms with Crippen LogP contribution in [0.2, 0.25) is 0 Å². The van der Waals surface area contributed by atoms with Gasteiger partial charge in [0.1, 0.15) is 0 Å². The second-order valence-corrected chi connectivity index (χ2v) is 7.71. The third-order valence-corrected chi connectivity index (χ3v) is 6.22. The zero-order valence-electron chi connectivity index (χ0n) is 15.2. The molecule has 1 N–H and O–H groups in total. The van der Waals surface area contributed by atoms with E-state index < -0.39 is 0 Å². The van der Waals surface area contributed by atoms with Gasteiger partial charge < -0.3 is 10.2 Å². The lowest BCUT2D eigenvalue weighted by atomic mass is 9.72. The molecule has 1 saturated heterocycles. The highest BCUT2D eigenvalue weighted by Gasteiger charge is 2.43. The minimum Gasteiger partial charge on any atom is -0.368 e. The van der Waals surface area contributed by atoms with E-state index in [-0.39, 0.29) is 5.54 Å². The molecule has 1 unspecified atom stereocenters. The fourth-order valence-electron chi connectivity index (χ4n) is 4.92. The Balaban J connectivity index is 1.70. The Labute approximate surface area is 152 Å². The van der Waals surface area contributed by atoms with Gasteiger partial charge >= 0.3 is 0 Å². The zero-order chi connectivity index (χ0) is 17.0. The van der Waals surface area contributed by atoms with Crippen molar-refractivity contribution in [3.8, 4) is 0 Å². The van der Waals surface area contributed by atoms with Crippen LogP contribution < -0.4 is 10.2 Å². The van der Waals surface area contributed by atoms with Gasteiger partial charge in [0.05, 0.1) is 5.54 Å². The van der Waals surface area contributed by atoms with Gasteiger partial charge in [-0.05, 0) is 36.5 Å². The highest BCUT2D eigenvalue weighted by Crippen LogP contribution is 2.41. The van der Waals surface area contributed by atoms with E-state index in [1.165, 1.54) is 49.8 Å². The minimum atomic E-state index is 0.0830. The van der Waals surface area contributed by atoms with Gasteiger partial charge in [0.2, 0.25) is 0 Å². The lowest BCUT2D eigenvalue weighted by molar-refractivity contribution is 0.174. The molecule has 0 bridgehead atoms. The number of para-hydroxylation sites is 1. The first-order chi connectivity index (χ1) is 12.4. The van der Waals surface area contributed by atoms with Gasteiger partial charge in [0.25, 0.3) is 0 Å². The quantitative estimate of drug-likeness (QED) is 0.798. The second kappa shape index (κ2) is 7.61. The van der Waals surface area contributed by atoms with E-state index in [0.717, 1.165) is 25.6 Å². The number of anilines is 1. The molecule has 2 aromatic rings. The third-order valence-electron chi connectivity index (χ3n) is 6.22. The van der Waals surface area contributed by atoms with Crippen LogP contribution in [0.5, 0.6) is 0 Å². The Kier molecular flexibility index (Phi) is 5.07. The summed E-state index contributed by atoms with van der Waals surface area (Å²) in [5.74, 6) is 0.726. The van der Waals surface area contributed by atoms with Crippen molar-refractivity contribution in [2.75, 3.05) is 24.5 Å². The van der Waals surface area contributed by atoms with Crippen molar-refractivity contribution >= 4 is 5.69 Å². The van der Waals surface area contributed by atoms with Crippen LogP contribution in [0, 0.1) is 5.92 Å². The average molecular weight is 335 g/mol. The first-order valence-corrected chi connectivity index (χ1v) is 9.99. The van der Waals surface area contributed by atoms with Crippen molar-refractivity contribution in [1.82, 2.24) is 5.32 Å². The molecule has 25 heavy (non-hydrogen) atoms. The monoisotopic (exact) mass is 334 g/mol. The second-order valence-electron chi connectivity index (χ2n) is 7.71. The van der Waals surface area contributed by atoms with Crippen LogP contribution in [0.3, 0.4) is 0 Å². The van der Waals surface area contributed by atoms with Crippen LogP contribution in [-0.4, -0.2) is 19.6 Å². The molecule has 1 aliphatic heterocycles. The minimum absolute atomic E-state index is 0.0830. The van der Waals surface area contributed by atoms with Gasteiger partial charge in [-0.25, -0.2) is 0 Å². The normalized spacial score (nSPS) is 25.5. The summed E-state index contributed by atoms with van der Waals surface area (Å²) in [4.78, 5) is 2.59. The number of hydrogen-bond donors (Lipinski definition) is 1. The number of piperazine rings is 1. The largest absolute Gasteiger partial charge is 0.368 e. The van der Waals surface area contributed by atoms with E-state index in [2.05, 4.69) is 70.9 Å². The molecule has 1 atom stereocenters. The molecular formula is C23H30N2. The Bertz CT molecular complexity index is 646. The van der Waals surface area contributed by atoms with Crippen LogP contribution >= 0.6 is 0 Å². The predicted molar refractivity (Wildman–Crippen MR) is 106 cm³/mol. The molecule has 4 rings (SSSR count). The van der Waals surface area contributed by atoms with Gasteiger partial charge in [0, 0.05) is 25.3 Å². The molecular weight excluding hydrogens is 304 g/mol. The summed E-state index contributed by atoms with van der Waals surface area (Å²) in [5.41, 5.74) is 2.92. The van der Waals surface area contributed by atoms with E-state index >= 15 is 0 Å². The number of hydrogen-bond acceptors (Lipinski definition) is 2. The molecule has 1 saturated carbocycles. The van der Waals surface area contributed by atoms with Crippen LogP contribution in [0.4, 0.5) is 5.69 Å². The zero-order valence-corrected chi connectivity index (χ0v) is 15.2. The molecule has 0 amide bonds. The highest BCUT2D eigenvalue weighted by molar-refractivity contribution is 5.48. The van der Waals surface area contributed by atoms with Crippen LogP contribution in [-0.2, 0) is 5.54 Å². The standard InChI is InChI=1S/C23H30N2/c1-2-6-12-20(11-5-1)23(21-13-7-3-8-14-21)19-25(18-17-24-23)22-15-9-4-10-16-22/h3-4,7-10,13-16,20,24H,1-2,5-6,11-12,17-19H2. The molecule has 2 heteroatoms. The van der Waals surface area contributed by atoms with E-state index in [1.807, 2.05) is 0 Å². The van der Waals surface area contributed by atoms with Gasteiger partial charge in [0.15, 0.2) is 0 Å². The summed E-state index contributed by atoms with van der Waals surface area (Å²) in [7, 11) is 0. The SMILES string of the molecule is c1ccc(N2CCNC(c3ccccc3)(C3CCCCCC3)C2)cc1. The maximum atomic E-state index is 4.00. The topological polar surface area (TPSA) is 15.3 Å². The lowest BCUT2D eigenvalue weighted by Crippen LogP contribution is -2.62. The molecule has 2 aliphatic rings. The Hall–Kier alpha value is -1.80. The molecule has 2 fully saturated rings. The summed E-state index contributed by atoms with van der Waals surface area (Å²) >= 11 is 0. The molecule has 0 radical (unpaired) electrons. The van der Waals surface area contributed by atoms with E-state index in [4.69, 9.17) is 0 Å². The number of nitrogens with zero attached hydrogens (tertiary/aromatic N) is 1. The molecule has 2 nitrogen and oxygen atoms in total. The van der Waals surface area contributed by atoms with Crippen LogP contribution in [0.1, 0.15) is 44.1 Å². The molecule has 132 valence electrons. The summed E-state index contributed by atoms with van der Waals surface area (Å²) in [6.45, 7) is 3.22. The van der Waals surface area contributed by atoms with Gasteiger partial charge in [-0.15, -0.1) is 0 Å². The first kappa shape index (κ1) is 16.7. The van der Waals surface area contributed by atoms with Gasteiger partial charge in [-0.1, -0.05) is 74.2 Å². The maximum absolute atomic E-state index is 4.00. The summed E-state index contributed by atoms with van der Waals surface area (Å²) in [5, 5.41) is 4.00. The molecule has 0 spiro atoms. The Morgan fingerprint density at radius 2 is 1.44 bits per heavy atom. The van der Waals surface area contributed by atoms with E-state index in [1.54, 1.807) is 0 Å². The van der Waals surface area contributed by atoms with Crippen molar-refractivity contribution < 1.29 is 0 Å². The van der Waals surface area contributed by atoms with Crippen molar-refractivity contribution in [3.63, 3.8) is 0 Å². The summed E-state index contributed by atoms with van der Waals surface area (Å²) in [6, 6.07) is 22.2. The molecule has 0 aromatic heterocycles. The highest BCUT2D eigenvalue weighted by atomic mass is 15.2. The number of benzene rings is 2. The number of rotatable bonds is 3. The Morgan fingerprint density at radius 3 is 2.12 bits per heavy atom. The van der Waals surface area contributed by atoms with Crippen molar-refractivity contribution in [2.24, 2.45) is 5.92 Å². The summed E-state index contributed by atoms with van der Waals surface area (Å²) < 4.78 is 0. The summed E-state index contributed by atoms with van der Waals surface area (Å²) in [6.07, 6.45) is 8.28. The van der Waals surface area contributed by atoms with E-state index in [0.29, 0.717) is 0 Å². The molecule has 2 aromatic carbocycles. The van der Waals surface area contributed by atoms with Crippen molar-refractivity contribution in [2.45, 2.75) is 44.1 Å². The van der Waals surface area contributed by atoms with E-state index in [9.17, 15) is 0 Å². The molecule has 1 aliphatic carbocycles. The van der Waals surface area contributed by atoms with Crippen LogP contribution in [0.25, 0.3) is 0 Å². The smallest absolute Gasteiger partial charge is 0.0641 e. The maximum Gasteiger partial charge on any atom is 0.0641 e. The van der Waals surface area contributed by atoms with Gasteiger partial charge in [-0.3, -0.25) is 0 Å². The Morgan fingerprint density at radius 1 is 0.800 bits per heavy atom. The van der Waals surface area contributed by atoms with Crippen molar-refractivity contribution in [3.05, 3.63) is 66.2 Å². The molecule has 1 heterocycles. The predicted octanol–water partition coefficient (Wildman–Crippen LogP) is 4.96. The lowest BCUT2D eigenvalue weighted by Gasteiger charge is -2.49. The third kappa shape index (κ3) is 3.46. The average Bonchev–Trinajstić information content (AvgIpc) is 2.99. The van der Waals surface area contributed by atoms with Crippen LogP contribution in [0.15, 0.2) is 60.7 Å². The fourth-order valence-corrected chi connectivity index (χ4v) is 4.92.